The van der Waals surface area contributed by atoms with Crippen LogP contribution >= 0.6 is 0 Å². The van der Waals surface area contributed by atoms with Crippen molar-refractivity contribution in [2.45, 2.75) is 52.0 Å². The van der Waals surface area contributed by atoms with Gasteiger partial charge in [0.2, 0.25) is 11.8 Å². The highest BCUT2D eigenvalue weighted by Crippen LogP contribution is 2.41. The number of nitrogens with zero attached hydrogens (tertiary/aromatic N) is 2. The van der Waals surface area contributed by atoms with E-state index < -0.39 is 53.7 Å². The molecule has 2 aromatic rings. The fourth-order valence-corrected chi connectivity index (χ4v) is 4.96. The van der Waals surface area contributed by atoms with E-state index in [1.165, 1.54) is 57.7 Å². The van der Waals surface area contributed by atoms with E-state index in [9.17, 15) is 32.3 Å². The van der Waals surface area contributed by atoms with E-state index in [1.807, 2.05) is 0 Å². The predicted molar refractivity (Wildman–Crippen MR) is 143 cm³/mol. The van der Waals surface area contributed by atoms with E-state index in [0.29, 0.717) is 4.90 Å². The van der Waals surface area contributed by atoms with Gasteiger partial charge in [0.05, 0.1) is 19.9 Å². The van der Waals surface area contributed by atoms with Crippen molar-refractivity contribution in [3.8, 4) is 11.5 Å². The first kappa shape index (κ1) is 31.2. The summed E-state index contributed by atoms with van der Waals surface area (Å²) in [5.74, 6) is -4.98. The van der Waals surface area contributed by atoms with Gasteiger partial charge in [-0.1, -0.05) is 44.2 Å². The van der Waals surface area contributed by atoms with E-state index in [0.717, 1.165) is 11.8 Å². The highest BCUT2D eigenvalue weighted by atomic mass is 19.4. The topological polar surface area (TPSA) is 105 Å². The summed E-state index contributed by atoms with van der Waals surface area (Å²) >= 11 is 0. The number of carbonyl (C=O) groups is 4. The highest BCUT2D eigenvalue weighted by Gasteiger charge is 2.61. The zero-order valence-electron chi connectivity index (χ0n) is 23.5. The normalized spacial score (nSPS) is 17.1. The van der Waals surface area contributed by atoms with Gasteiger partial charge in [-0.3, -0.25) is 24.1 Å². The second kappa shape index (κ2) is 12.0. The molecule has 2 aromatic carbocycles. The lowest BCUT2D eigenvalue weighted by molar-refractivity contribution is -0.187. The second-order valence-electron chi connectivity index (χ2n) is 9.90. The zero-order valence-corrected chi connectivity index (χ0v) is 23.5. The molecule has 0 saturated heterocycles. The van der Waals surface area contributed by atoms with Gasteiger partial charge in [-0.2, -0.15) is 13.2 Å². The van der Waals surface area contributed by atoms with Crippen LogP contribution in [0.25, 0.3) is 5.70 Å². The lowest BCUT2D eigenvalue weighted by Gasteiger charge is -2.49. The van der Waals surface area contributed by atoms with Gasteiger partial charge >= 0.3 is 6.18 Å². The van der Waals surface area contributed by atoms with Gasteiger partial charge < -0.3 is 19.7 Å². The standard InChI is InChI=1S/C29H32F3N3O6/c1-17(2)25-26(38)35(22(16-34(25)19(4)37)21-12-13-23(40-5)24(14-21)41-6)28(33-18(3)36,27(39)29(30,31)32)15-20-10-8-7-9-11-20/h7-14,16-17,25H,15H2,1-6H3,(H,33,36). The van der Waals surface area contributed by atoms with Crippen LogP contribution in [0.15, 0.2) is 54.7 Å². The number of amides is 3. The molecule has 9 nitrogen and oxygen atoms in total. The van der Waals surface area contributed by atoms with Crippen molar-refractivity contribution >= 4 is 29.2 Å². The molecule has 0 saturated carbocycles. The molecular formula is C29H32F3N3O6. The van der Waals surface area contributed by atoms with Crippen LogP contribution in [0, 0.1) is 5.92 Å². The molecule has 1 N–H and O–H groups in total. The largest absolute Gasteiger partial charge is 0.493 e. The minimum Gasteiger partial charge on any atom is -0.493 e. The van der Waals surface area contributed by atoms with Gasteiger partial charge in [0.15, 0.2) is 17.2 Å². The van der Waals surface area contributed by atoms with Gasteiger partial charge in [-0.15, -0.1) is 0 Å². The first-order chi connectivity index (χ1) is 19.2. The fraction of sp³-hybridized carbons (Fsp3) is 0.379. The summed E-state index contributed by atoms with van der Waals surface area (Å²) in [4.78, 5) is 54.9. The molecule has 0 aromatic heterocycles. The lowest BCUT2D eigenvalue weighted by Crippen LogP contribution is -2.73. The average Bonchev–Trinajstić information content (AvgIpc) is 2.90. The van der Waals surface area contributed by atoms with E-state index in [4.69, 9.17) is 9.47 Å². The Morgan fingerprint density at radius 2 is 1.59 bits per heavy atom. The van der Waals surface area contributed by atoms with Crippen LogP contribution in [0.5, 0.6) is 11.5 Å². The first-order valence-electron chi connectivity index (χ1n) is 12.7. The third-order valence-electron chi connectivity index (χ3n) is 6.65. The summed E-state index contributed by atoms with van der Waals surface area (Å²) in [5, 5.41) is 2.20. The van der Waals surface area contributed by atoms with Gasteiger partial charge in [-0.05, 0) is 29.7 Å². The van der Waals surface area contributed by atoms with Crippen LogP contribution in [0.2, 0.25) is 0 Å². The Hall–Kier alpha value is -4.35. The number of methoxy groups -OCH3 is 2. The maximum atomic E-state index is 14.4. The number of nitrogens with one attached hydrogen (secondary N) is 1. The summed E-state index contributed by atoms with van der Waals surface area (Å²) in [6.07, 6.45) is -4.96. The van der Waals surface area contributed by atoms with E-state index in [2.05, 4.69) is 5.32 Å². The third-order valence-corrected chi connectivity index (χ3v) is 6.65. The molecule has 41 heavy (non-hydrogen) atoms. The van der Waals surface area contributed by atoms with E-state index >= 15 is 0 Å². The number of benzene rings is 2. The van der Waals surface area contributed by atoms with Crippen molar-refractivity contribution in [1.82, 2.24) is 15.1 Å². The van der Waals surface area contributed by atoms with Gasteiger partial charge in [0.1, 0.15) is 6.04 Å². The number of hydrogen-bond donors (Lipinski definition) is 1. The molecule has 2 atom stereocenters. The third kappa shape index (κ3) is 6.21. The number of carbonyl (C=O) groups excluding carboxylic acids is 4. The van der Waals surface area contributed by atoms with Gasteiger partial charge in [0, 0.05) is 32.0 Å². The van der Waals surface area contributed by atoms with Crippen LogP contribution in [0.1, 0.15) is 38.8 Å². The van der Waals surface area contributed by atoms with Crippen LogP contribution in [-0.2, 0) is 25.6 Å². The molecule has 3 rings (SSSR count). The van der Waals surface area contributed by atoms with Gasteiger partial charge in [0.25, 0.3) is 11.7 Å². The lowest BCUT2D eigenvalue weighted by atomic mass is 9.87. The molecule has 12 heteroatoms. The number of rotatable bonds is 9. The molecule has 0 fully saturated rings. The fourth-order valence-electron chi connectivity index (χ4n) is 4.96. The molecule has 0 bridgehead atoms. The highest BCUT2D eigenvalue weighted by molar-refractivity contribution is 6.05. The molecule has 0 radical (unpaired) electrons. The Labute approximate surface area is 235 Å². The van der Waals surface area contributed by atoms with Crippen molar-refractivity contribution in [3.05, 3.63) is 65.9 Å². The summed E-state index contributed by atoms with van der Waals surface area (Å²) in [7, 11) is 2.74. The Bertz CT molecular complexity index is 1360. The minimum atomic E-state index is -5.47. The SMILES string of the molecule is COc1ccc(C2=CN(C(C)=O)C(C(C)C)C(=O)N2C(Cc2ccccc2)(NC(C)=O)C(=O)C(F)(F)F)cc1OC. The summed E-state index contributed by atoms with van der Waals surface area (Å²) in [6, 6.07) is 10.8. The number of Topliss-reactive ketones (excluding diaryl/α,β-unsaturated/α-hetero) is 1. The van der Waals surface area contributed by atoms with Crippen LogP contribution in [0.3, 0.4) is 0 Å². The molecular weight excluding hydrogens is 543 g/mol. The molecule has 220 valence electrons. The molecule has 3 amide bonds. The molecule has 1 aliphatic rings. The van der Waals surface area contributed by atoms with Crippen LogP contribution in [-0.4, -0.2) is 65.4 Å². The number of halogens is 3. The predicted octanol–water partition coefficient (Wildman–Crippen LogP) is 3.92. The molecule has 1 aliphatic heterocycles. The Morgan fingerprint density at radius 1 is 0.976 bits per heavy atom. The quantitative estimate of drug-likeness (QED) is 0.486. The van der Waals surface area contributed by atoms with Crippen molar-refractivity contribution in [1.29, 1.82) is 0 Å². The summed E-state index contributed by atoms with van der Waals surface area (Å²) in [5.41, 5.74) is -2.81. The average molecular weight is 576 g/mol. The number of ketones is 1. The van der Waals surface area contributed by atoms with E-state index in [-0.39, 0.29) is 28.3 Å². The Balaban J connectivity index is 2.48. The monoisotopic (exact) mass is 575 g/mol. The Morgan fingerprint density at radius 3 is 2.07 bits per heavy atom. The van der Waals surface area contributed by atoms with Crippen molar-refractivity contribution in [2.24, 2.45) is 5.92 Å². The number of ether oxygens (including phenoxy) is 2. The molecule has 0 spiro atoms. The molecule has 1 heterocycles. The second-order valence-corrected chi connectivity index (χ2v) is 9.90. The van der Waals surface area contributed by atoms with Crippen LogP contribution in [0.4, 0.5) is 13.2 Å². The zero-order chi connectivity index (χ0) is 30.7. The maximum Gasteiger partial charge on any atom is 0.454 e. The summed E-state index contributed by atoms with van der Waals surface area (Å²) < 4.78 is 53.9. The minimum absolute atomic E-state index is 0.127. The maximum absolute atomic E-state index is 14.4. The molecule has 0 aliphatic carbocycles. The molecule has 2 unspecified atom stereocenters. The smallest absolute Gasteiger partial charge is 0.454 e. The van der Waals surface area contributed by atoms with Crippen molar-refractivity contribution in [2.75, 3.05) is 14.2 Å². The summed E-state index contributed by atoms with van der Waals surface area (Å²) in [6.45, 7) is 5.41. The number of alkyl halides is 3. The Kier molecular flexibility index (Phi) is 9.15. The number of hydrogen-bond acceptors (Lipinski definition) is 6. The van der Waals surface area contributed by atoms with Crippen molar-refractivity contribution in [3.63, 3.8) is 0 Å². The van der Waals surface area contributed by atoms with Crippen molar-refractivity contribution < 1.29 is 41.8 Å². The first-order valence-corrected chi connectivity index (χ1v) is 12.7. The van der Waals surface area contributed by atoms with E-state index in [1.54, 1.807) is 32.0 Å². The van der Waals surface area contributed by atoms with Gasteiger partial charge in [-0.25, -0.2) is 0 Å². The van der Waals surface area contributed by atoms with Crippen LogP contribution < -0.4 is 14.8 Å².